The predicted molar refractivity (Wildman–Crippen MR) is 75.6 cm³/mol. The van der Waals surface area contributed by atoms with Gasteiger partial charge >= 0.3 is 0 Å². The van der Waals surface area contributed by atoms with E-state index in [1.807, 2.05) is 0 Å². The van der Waals surface area contributed by atoms with Gasteiger partial charge in [0.2, 0.25) is 0 Å². The summed E-state index contributed by atoms with van der Waals surface area (Å²) in [6.45, 7) is 1.67. The fourth-order valence-electron chi connectivity index (χ4n) is 1.57. The highest BCUT2D eigenvalue weighted by molar-refractivity contribution is 7.92. The largest absolute Gasteiger partial charge is 0.396 e. The summed E-state index contributed by atoms with van der Waals surface area (Å²) in [5.74, 6) is -1.03. The van der Waals surface area contributed by atoms with E-state index in [0.717, 1.165) is 12.1 Å². The highest BCUT2D eigenvalue weighted by Gasteiger charge is 2.22. The van der Waals surface area contributed by atoms with Crippen molar-refractivity contribution in [3.05, 3.63) is 47.0 Å². The second-order valence-electron chi connectivity index (χ2n) is 4.10. The van der Waals surface area contributed by atoms with Crippen LogP contribution in [0, 0.1) is 12.7 Å². The Hall–Kier alpha value is -1.86. The molecule has 3 N–H and O–H groups in total. The average Bonchev–Trinajstić information content (AvgIpc) is 2.36. The van der Waals surface area contributed by atoms with E-state index < -0.39 is 20.7 Å². The van der Waals surface area contributed by atoms with Crippen LogP contribution in [0.25, 0.3) is 0 Å². The molecule has 0 aliphatic rings. The molecule has 0 atom stereocenters. The second-order valence-corrected chi connectivity index (χ2v) is 6.19. The van der Waals surface area contributed by atoms with Crippen molar-refractivity contribution in [2.45, 2.75) is 11.8 Å². The molecule has 0 saturated carbocycles. The zero-order valence-corrected chi connectivity index (χ0v) is 12.0. The monoisotopic (exact) mass is 315 g/mol. The molecular formula is C12H11ClFN3O2S. The third-order valence-electron chi connectivity index (χ3n) is 2.59. The summed E-state index contributed by atoms with van der Waals surface area (Å²) in [6.07, 6.45) is 2.91. The van der Waals surface area contributed by atoms with E-state index in [2.05, 4.69) is 9.71 Å². The molecule has 1 heterocycles. The maximum absolute atomic E-state index is 13.9. The van der Waals surface area contributed by atoms with Crippen LogP contribution in [0.4, 0.5) is 15.8 Å². The fraction of sp³-hybridized carbons (Fsp3) is 0.0833. The highest BCUT2D eigenvalue weighted by Crippen LogP contribution is 2.27. The van der Waals surface area contributed by atoms with E-state index in [9.17, 15) is 12.8 Å². The molecule has 0 fully saturated rings. The zero-order valence-electron chi connectivity index (χ0n) is 10.4. The molecule has 106 valence electrons. The standard InChI is InChI=1S/C12H11ClFN3O2S/c1-7-6-16-3-2-10(7)17-20(18,19)11-5-8(13)4-9(15)12(11)14/h2-6H,15H2,1H3,(H,16,17). The number of anilines is 2. The first kappa shape index (κ1) is 14.5. The molecule has 0 bridgehead atoms. The van der Waals surface area contributed by atoms with Crippen LogP contribution in [0.5, 0.6) is 0 Å². The van der Waals surface area contributed by atoms with Gasteiger partial charge < -0.3 is 5.73 Å². The second kappa shape index (κ2) is 5.26. The van der Waals surface area contributed by atoms with Gasteiger partial charge in [-0.2, -0.15) is 0 Å². The molecule has 2 aromatic rings. The summed E-state index contributed by atoms with van der Waals surface area (Å²) in [6, 6.07) is 3.62. The molecule has 1 aromatic carbocycles. The van der Waals surface area contributed by atoms with Gasteiger partial charge in [-0.05, 0) is 30.7 Å². The summed E-state index contributed by atoms with van der Waals surface area (Å²) < 4.78 is 40.5. The number of aromatic nitrogens is 1. The summed E-state index contributed by atoms with van der Waals surface area (Å²) in [5.41, 5.74) is 5.96. The van der Waals surface area contributed by atoms with Crippen molar-refractivity contribution in [3.63, 3.8) is 0 Å². The van der Waals surface area contributed by atoms with Gasteiger partial charge in [0, 0.05) is 17.4 Å². The van der Waals surface area contributed by atoms with E-state index in [4.69, 9.17) is 17.3 Å². The minimum absolute atomic E-state index is 0.0377. The highest BCUT2D eigenvalue weighted by atomic mass is 35.5. The maximum atomic E-state index is 13.9. The first-order valence-corrected chi connectivity index (χ1v) is 7.35. The molecule has 20 heavy (non-hydrogen) atoms. The summed E-state index contributed by atoms with van der Waals surface area (Å²) >= 11 is 5.71. The van der Waals surface area contributed by atoms with Crippen LogP contribution in [0.15, 0.2) is 35.5 Å². The number of sulfonamides is 1. The number of hydrogen-bond donors (Lipinski definition) is 2. The number of rotatable bonds is 3. The number of hydrogen-bond acceptors (Lipinski definition) is 4. The number of benzene rings is 1. The van der Waals surface area contributed by atoms with Crippen LogP contribution in [0.2, 0.25) is 5.02 Å². The number of pyridine rings is 1. The lowest BCUT2D eigenvalue weighted by Crippen LogP contribution is -2.16. The topological polar surface area (TPSA) is 85.1 Å². The Balaban J connectivity index is 2.49. The van der Waals surface area contributed by atoms with Crippen LogP contribution >= 0.6 is 11.6 Å². The smallest absolute Gasteiger partial charge is 0.264 e. The number of nitrogens with two attached hydrogens (primary N) is 1. The predicted octanol–water partition coefficient (Wildman–Crippen LogP) is 2.57. The number of nitrogens with zero attached hydrogens (tertiary/aromatic N) is 1. The maximum Gasteiger partial charge on any atom is 0.264 e. The van der Waals surface area contributed by atoms with E-state index in [0.29, 0.717) is 11.3 Å². The molecule has 0 aliphatic carbocycles. The first-order chi connectivity index (χ1) is 9.31. The Bertz CT molecular complexity index is 765. The van der Waals surface area contributed by atoms with Crippen LogP contribution < -0.4 is 10.5 Å². The van der Waals surface area contributed by atoms with E-state index >= 15 is 0 Å². The lowest BCUT2D eigenvalue weighted by atomic mass is 10.3. The van der Waals surface area contributed by atoms with Gasteiger partial charge in [0.25, 0.3) is 10.0 Å². The van der Waals surface area contributed by atoms with E-state index in [1.165, 1.54) is 18.5 Å². The number of nitrogens with one attached hydrogen (secondary N) is 1. The van der Waals surface area contributed by atoms with Gasteiger partial charge in [-0.15, -0.1) is 0 Å². The molecule has 0 amide bonds. The van der Waals surface area contributed by atoms with Gasteiger partial charge in [0.1, 0.15) is 4.90 Å². The van der Waals surface area contributed by atoms with Crippen molar-refractivity contribution >= 4 is 33.0 Å². The molecule has 0 unspecified atom stereocenters. The molecule has 5 nitrogen and oxygen atoms in total. The van der Waals surface area contributed by atoms with Gasteiger partial charge in [-0.1, -0.05) is 11.6 Å². The molecule has 0 spiro atoms. The van der Waals surface area contributed by atoms with Crippen LogP contribution in [-0.4, -0.2) is 13.4 Å². The first-order valence-electron chi connectivity index (χ1n) is 5.49. The minimum Gasteiger partial charge on any atom is -0.396 e. The molecule has 8 heteroatoms. The van der Waals surface area contributed by atoms with E-state index in [1.54, 1.807) is 6.92 Å². The van der Waals surface area contributed by atoms with Crippen LogP contribution in [0.3, 0.4) is 0 Å². The van der Waals surface area contributed by atoms with Crippen LogP contribution in [-0.2, 0) is 10.0 Å². The summed E-state index contributed by atoms with van der Waals surface area (Å²) in [5, 5.41) is 0.0377. The third kappa shape index (κ3) is 2.83. The Morgan fingerprint density at radius 3 is 2.75 bits per heavy atom. The number of halogens is 2. The quantitative estimate of drug-likeness (QED) is 0.852. The van der Waals surface area contributed by atoms with Gasteiger partial charge in [0.05, 0.1) is 11.4 Å². The van der Waals surface area contributed by atoms with Gasteiger partial charge in [0.15, 0.2) is 5.82 Å². The lowest BCUT2D eigenvalue weighted by molar-refractivity contribution is 0.573. The van der Waals surface area contributed by atoms with Crippen molar-refractivity contribution in [1.82, 2.24) is 4.98 Å². The van der Waals surface area contributed by atoms with Crippen molar-refractivity contribution in [3.8, 4) is 0 Å². The minimum atomic E-state index is -4.13. The van der Waals surface area contributed by atoms with Crippen molar-refractivity contribution in [2.75, 3.05) is 10.5 Å². The van der Waals surface area contributed by atoms with Crippen molar-refractivity contribution in [2.24, 2.45) is 0 Å². The van der Waals surface area contributed by atoms with E-state index in [-0.39, 0.29) is 10.7 Å². The SMILES string of the molecule is Cc1cnccc1NS(=O)(=O)c1cc(Cl)cc(N)c1F. The number of nitrogen functional groups attached to an aromatic ring is 1. The molecule has 2 rings (SSSR count). The van der Waals surface area contributed by atoms with Crippen molar-refractivity contribution in [1.29, 1.82) is 0 Å². The summed E-state index contributed by atoms with van der Waals surface area (Å²) in [7, 11) is -4.13. The summed E-state index contributed by atoms with van der Waals surface area (Å²) in [4.78, 5) is 3.25. The fourth-order valence-corrected chi connectivity index (χ4v) is 3.12. The van der Waals surface area contributed by atoms with Gasteiger partial charge in [-0.25, -0.2) is 12.8 Å². The van der Waals surface area contributed by atoms with Crippen LogP contribution in [0.1, 0.15) is 5.56 Å². The Labute approximate surface area is 120 Å². The normalized spacial score (nSPS) is 11.3. The molecule has 1 aromatic heterocycles. The molecule has 0 aliphatic heterocycles. The Kier molecular flexibility index (Phi) is 3.82. The zero-order chi connectivity index (χ0) is 14.9. The molecule has 0 saturated heterocycles. The third-order valence-corrected chi connectivity index (χ3v) is 4.17. The lowest BCUT2D eigenvalue weighted by Gasteiger charge is -2.11. The molecular weight excluding hydrogens is 305 g/mol. The van der Waals surface area contributed by atoms with Crippen molar-refractivity contribution < 1.29 is 12.8 Å². The van der Waals surface area contributed by atoms with Gasteiger partial charge in [-0.3, -0.25) is 9.71 Å². The molecule has 0 radical (unpaired) electrons. The number of aryl methyl sites for hydroxylation is 1. The Morgan fingerprint density at radius 1 is 1.40 bits per heavy atom. The average molecular weight is 316 g/mol. The Morgan fingerprint density at radius 2 is 2.10 bits per heavy atom.